The molecule has 0 atom stereocenters. The van der Waals surface area contributed by atoms with Crippen molar-refractivity contribution in [1.82, 2.24) is 4.98 Å². The van der Waals surface area contributed by atoms with Crippen molar-refractivity contribution in [3.63, 3.8) is 0 Å². The number of imidazole rings is 1. The van der Waals surface area contributed by atoms with Crippen LogP contribution in [0.25, 0.3) is 11.4 Å². The molecule has 0 amide bonds. The van der Waals surface area contributed by atoms with E-state index < -0.39 is 0 Å². The van der Waals surface area contributed by atoms with Gasteiger partial charge in [-0.05, 0) is 18.1 Å². The Labute approximate surface area is 84.2 Å². The lowest BCUT2D eigenvalue weighted by Gasteiger charge is -2.02. The first-order valence-corrected chi connectivity index (χ1v) is 4.94. The predicted octanol–water partition coefficient (Wildman–Crippen LogP) is 2.07. The molecule has 0 unspecified atom stereocenters. The molecule has 0 aliphatic carbocycles. The lowest BCUT2D eigenvalue weighted by Crippen LogP contribution is -2.27. The van der Waals surface area contributed by atoms with Crippen LogP contribution in [0.1, 0.15) is 12.5 Å². The van der Waals surface area contributed by atoms with Crippen molar-refractivity contribution in [2.75, 3.05) is 0 Å². The molecule has 0 spiro atoms. The zero-order valence-corrected chi connectivity index (χ0v) is 8.62. The van der Waals surface area contributed by atoms with E-state index in [9.17, 15) is 0 Å². The van der Waals surface area contributed by atoms with Crippen molar-refractivity contribution in [3.05, 3.63) is 42.2 Å². The van der Waals surface area contributed by atoms with Crippen molar-refractivity contribution >= 4 is 0 Å². The Hall–Kier alpha value is -1.57. The van der Waals surface area contributed by atoms with E-state index in [1.54, 1.807) is 0 Å². The van der Waals surface area contributed by atoms with Gasteiger partial charge in [0.05, 0.1) is 12.6 Å². The minimum absolute atomic E-state index is 1.06. The van der Waals surface area contributed by atoms with E-state index in [4.69, 9.17) is 0 Å². The number of H-pyrrole nitrogens is 1. The van der Waals surface area contributed by atoms with Gasteiger partial charge in [-0.2, -0.15) is 0 Å². The van der Waals surface area contributed by atoms with E-state index in [1.165, 1.54) is 17.0 Å². The van der Waals surface area contributed by atoms with E-state index in [-0.39, 0.29) is 0 Å². The summed E-state index contributed by atoms with van der Waals surface area (Å²) in [6.07, 6.45) is 5.05. The summed E-state index contributed by atoms with van der Waals surface area (Å²) in [5.41, 5.74) is 2.67. The zero-order chi connectivity index (χ0) is 9.97. The number of benzene rings is 1. The Morgan fingerprint density at radius 3 is 2.71 bits per heavy atom. The van der Waals surface area contributed by atoms with Gasteiger partial charge in [-0.1, -0.05) is 25.1 Å². The Morgan fingerprint density at radius 1 is 1.29 bits per heavy atom. The Bertz CT molecular complexity index is 429. The second-order valence-corrected chi connectivity index (χ2v) is 3.43. The molecule has 0 radical (unpaired) electrons. The van der Waals surface area contributed by atoms with Crippen molar-refractivity contribution in [3.8, 4) is 11.4 Å². The van der Waals surface area contributed by atoms with Crippen LogP contribution in [0.3, 0.4) is 0 Å². The minimum atomic E-state index is 1.06. The van der Waals surface area contributed by atoms with Crippen LogP contribution < -0.4 is 4.57 Å². The number of hydrogen-bond donors (Lipinski definition) is 1. The summed E-state index contributed by atoms with van der Waals surface area (Å²) in [5, 5.41) is 0. The lowest BCUT2D eigenvalue weighted by molar-refractivity contribution is -0.658. The van der Waals surface area contributed by atoms with Crippen LogP contribution in [0, 0.1) is 0 Å². The van der Waals surface area contributed by atoms with Crippen LogP contribution in [0.5, 0.6) is 0 Å². The van der Waals surface area contributed by atoms with E-state index >= 15 is 0 Å². The fourth-order valence-corrected chi connectivity index (χ4v) is 1.73. The number of aromatic nitrogens is 2. The molecular weight excluding hydrogens is 172 g/mol. The van der Waals surface area contributed by atoms with Gasteiger partial charge in [-0.15, -0.1) is 0 Å². The monoisotopic (exact) mass is 187 g/mol. The maximum Gasteiger partial charge on any atom is 0.286 e. The highest BCUT2D eigenvalue weighted by Crippen LogP contribution is 2.18. The largest absolute Gasteiger partial charge is 0.286 e. The maximum absolute atomic E-state index is 3.26. The molecule has 2 aromatic rings. The van der Waals surface area contributed by atoms with Crippen LogP contribution in [0.4, 0.5) is 0 Å². The van der Waals surface area contributed by atoms with E-state index in [1.807, 2.05) is 12.4 Å². The molecule has 1 N–H and O–H groups in total. The fraction of sp³-hybridized carbons (Fsp3) is 0.250. The Kier molecular flexibility index (Phi) is 2.35. The molecule has 0 aliphatic rings. The number of nitrogens with zero attached hydrogens (tertiary/aromatic N) is 1. The van der Waals surface area contributed by atoms with Gasteiger partial charge in [0.2, 0.25) is 0 Å². The summed E-state index contributed by atoms with van der Waals surface area (Å²) < 4.78 is 2.11. The molecule has 0 fully saturated rings. The molecule has 2 nitrogen and oxygen atoms in total. The standard InChI is InChI=1S/C12H14N2/c1-3-10-6-4-5-7-11(10)12-13-8-9-14(12)2/h4-9H,3H2,1-2H3/p+1. The lowest BCUT2D eigenvalue weighted by atomic mass is 10.1. The highest BCUT2D eigenvalue weighted by atomic mass is 15.0. The molecule has 2 heteroatoms. The average Bonchev–Trinajstić information content (AvgIpc) is 2.64. The third kappa shape index (κ3) is 1.43. The number of aromatic amines is 1. The van der Waals surface area contributed by atoms with Crippen LogP contribution in [0.15, 0.2) is 36.7 Å². The van der Waals surface area contributed by atoms with E-state index in [2.05, 4.69) is 47.8 Å². The van der Waals surface area contributed by atoms with Gasteiger partial charge in [0.15, 0.2) is 0 Å². The summed E-state index contributed by atoms with van der Waals surface area (Å²) >= 11 is 0. The van der Waals surface area contributed by atoms with E-state index in [0.29, 0.717) is 0 Å². The van der Waals surface area contributed by atoms with Crippen molar-refractivity contribution in [2.45, 2.75) is 13.3 Å². The predicted molar refractivity (Wildman–Crippen MR) is 56.8 cm³/mol. The summed E-state index contributed by atoms with van der Waals surface area (Å²) in [7, 11) is 2.05. The number of nitrogens with one attached hydrogen (secondary N) is 1. The third-order valence-electron chi connectivity index (χ3n) is 2.52. The smallest absolute Gasteiger partial charge is 0.243 e. The van der Waals surface area contributed by atoms with Gasteiger partial charge in [0.1, 0.15) is 12.4 Å². The molecule has 1 heterocycles. The van der Waals surface area contributed by atoms with Gasteiger partial charge in [-0.25, -0.2) is 9.55 Å². The number of rotatable bonds is 2. The van der Waals surface area contributed by atoms with Gasteiger partial charge < -0.3 is 0 Å². The third-order valence-corrected chi connectivity index (χ3v) is 2.52. The van der Waals surface area contributed by atoms with Gasteiger partial charge in [0.25, 0.3) is 5.82 Å². The Balaban J connectivity index is 2.56. The van der Waals surface area contributed by atoms with Crippen molar-refractivity contribution < 1.29 is 4.57 Å². The van der Waals surface area contributed by atoms with Crippen LogP contribution in [-0.2, 0) is 13.5 Å². The normalized spacial score (nSPS) is 10.4. The average molecular weight is 187 g/mol. The van der Waals surface area contributed by atoms with Crippen LogP contribution in [-0.4, -0.2) is 4.98 Å². The molecule has 14 heavy (non-hydrogen) atoms. The second-order valence-electron chi connectivity index (χ2n) is 3.43. The first kappa shape index (κ1) is 9.00. The van der Waals surface area contributed by atoms with Gasteiger partial charge >= 0.3 is 0 Å². The molecular formula is C12H15N2+. The molecule has 72 valence electrons. The fourth-order valence-electron chi connectivity index (χ4n) is 1.73. The SMILES string of the molecule is CCc1ccccc1-c1[nH]cc[n+]1C. The van der Waals surface area contributed by atoms with Gasteiger partial charge in [0, 0.05) is 0 Å². The highest BCUT2D eigenvalue weighted by Gasteiger charge is 2.12. The second kappa shape index (κ2) is 3.66. The highest BCUT2D eigenvalue weighted by molar-refractivity contribution is 5.57. The van der Waals surface area contributed by atoms with Crippen LogP contribution >= 0.6 is 0 Å². The number of hydrogen-bond acceptors (Lipinski definition) is 0. The molecule has 0 saturated carbocycles. The molecule has 0 aliphatic heterocycles. The minimum Gasteiger partial charge on any atom is -0.243 e. The topological polar surface area (TPSA) is 19.7 Å². The molecule has 0 bridgehead atoms. The molecule has 0 saturated heterocycles. The van der Waals surface area contributed by atoms with Crippen molar-refractivity contribution in [2.24, 2.45) is 7.05 Å². The molecule has 1 aromatic heterocycles. The summed E-state index contributed by atoms with van der Waals surface area (Å²) in [6.45, 7) is 2.18. The number of aryl methyl sites for hydroxylation is 2. The van der Waals surface area contributed by atoms with Crippen LogP contribution in [0.2, 0.25) is 0 Å². The summed E-state index contributed by atoms with van der Waals surface area (Å²) in [4.78, 5) is 3.26. The first-order chi connectivity index (χ1) is 6.83. The Morgan fingerprint density at radius 2 is 2.07 bits per heavy atom. The zero-order valence-electron chi connectivity index (χ0n) is 8.62. The maximum atomic E-state index is 3.26. The van der Waals surface area contributed by atoms with Crippen molar-refractivity contribution in [1.29, 1.82) is 0 Å². The van der Waals surface area contributed by atoms with E-state index in [0.717, 1.165) is 6.42 Å². The summed E-state index contributed by atoms with van der Waals surface area (Å²) in [5.74, 6) is 1.17. The first-order valence-electron chi connectivity index (χ1n) is 4.94. The molecule has 1 aromatic carbocycles. The van der Waals surface area contributed by atoms with Gasteiger partial charge in [-0.3, -0.25) is 0 Å². The quantitative estimate of drug-likeness (QED) is 0.694. The molecule has 2 rings (SSSR count). The summed E-state index contributed by atoms with van der Waals surface area (Å²) in [6, 6.07) is 8.50.